The fourth-order valence-corrected chi connectivity index (χ4v) is 2.98. The van der Waals surface area contributed by atoms with E-state index in [9.17, 15) is 4.21 Å². The molecule has 4 heteroatoms. The first-order valence-corrected chi connectivity index (χ1v) is 8.40. The van der Waals surface area contributed by atoms with Crippen LogP contribution in [0.5, 0.6) is 0 Å². The van der Waals surface area contributed by atoms with E-state index in [4.69, 9.17) is 0 Å². The van der Waals surface area contributed by atoms with Crippen molar-refractivity contribution in [2.24, 2.45) is 5.92 Å². The van der Waals surface area contributed by atoms with E-state index in [-0.39, 0.29) is 5.54 Å². The molecule has 0 aromatic rings. The van der Waals surface area contributed by atoms with Crippen molar-refractivity contribution in [3.05, 3.63) is 0 Å². The highest BCUT2D eigenvalue weighted by Crippen LogP contribution is 2.22. The van der Waals surface area contributed by atoms with Gasteiger partial charge >= 0.3 is 0 Å². The van der Waals surface area contributed by atoms with Gasteiger partial charge in [-0.15, -0.1) is 0 Å². The topological polar surface area (TPSA) is 32.3 Å². The van der Waals surface area contributed by atoms with E-state index in [0.29, 0.717) is 12.0 Å². The average Bonchev–Trinajstić information content (AvgIpc) is 2.26. The van der Waals surface area contributed by atoms with Crippen LogP contribution in [0.2, 0.25) is 0 Å². The number of rotatable bonds is 5. The molecule has 0 radical (unpaired) electrons. The van der Waals surface area contributed by atoms with E-state index in [1.165, 1.54) is 0 Å². The molecule has 1 saturated heterocycles. The highest BCUT2D eigenvalue weighted by Gasteiger charge is 2.35. The predicted octanol–water partition coefficient (Wildman–Crippen LogP) is 1.46. The second-order valence-electron chi connectivity index (χ2n) is 5.85. The molecule has 1 rings (SSSR count). The first-order valence-electron chi connectivity index (χ1n) is 6.67. The van der Waals surface area contributed by atoms with Crippen LogP contribution in [0.4, 0.5) is 0 Å². The largest absolute Gasteiger partial charge is 0.309 e. The average molecular weight is 260 g/mol. The summed E-state index contributed by atoms with van der Waals surface area (Å²) in [7, 11) is -0.684. The van der Waals surface area contributed by atoms with Crippen LogP contribution in [-0.4, -0.2) is 52.3 Å². The van der Waals surface area contributed by atoms with Gasteiger partial charge in [0.05, 0.1) is 0 Å². The van der Waals surface area contributed by atoms with Crippen LogP contribution in [0.25, 0.3) is 0 Å². The SMILES string of the molecule is CCC1(C)CN(CCS(C)=O)C(C(C)C)CN1. The van der Waals surface area contributed by atoms with E-state index in [2.05, 4.69) is 37.9 Å². The summed E-state index contributed by atoms with van der Waals surface area (Å²) in [5, 5.41) is 3.68. The minimum atomic E-state index is -0.684. The quantitative estimate of drug-likeness (QED) is 0.812. The Kier molecular flexibility index (Phi) is 5.61. The van der Waals surface area contributed by atoms with Crippen LogP contribution in [0.3, 0.4) is 0 Å². The van der Waals surface area contributed by atoms with Crippen LogP contribution in [0, 0.1) is 5.92 Å². The fraction of sp³-hybridized carbons (Fsp3) is 1.00. The molecular formula is C13H28N2OS. The third kappa shape index (κ3) is 4.34. The van der Waals surface area contributed by atoms with Crippen molar-refractivity contribution >= 4 is 10.8 Å². The summed E-state index contributed by atoms with van der Waals surface area (Å²) in [5.74, 6) is 1.44. The molecule has 1 heterocycles. The molecule has 3 unspecified atom stereocenters. The Labute approximate surface area is 109 Å². The van der Waals surface area contributed by atoms with Crippen LogP contribution in [-0.2, 0) is 10.8 Å². The number of hydrogen-bond acceptors (Lipinski definition) is 3. The molecule has 0 bridgehead atoms. The summed E-state index contributed by atoms with van der Waals surface area (Å²) in [4.78, 5) is 2.53. The Hall–Kier alpha value is 0.0700. The minimum Gasteiger partial charge on any atom is -0.309 e. The fourth-order valence-electron chi connectivity index (χ4n) is 2.49. The van der Waals surface area contributed by atoms with E-state index in [0.717, 1.165) is 31.8 Å². The molecule has 17 heavy (non-hydrogen) atoms. The highest BCUT2D eigenvalue weighted by atomic mass is 32.2. The molecule has 1 N–H and O–H groups in total. The van der Waals surface area contributed by atoms with Gasteiger partial charge in [-0.25, -0.2) is 0 Å². The number of nitrogens with one attached hydrogen (secondary N) is 1. The zero-order valence-electron chi connectivity index (χ0n) is 12.0. The van der Waals surface area contributed by atoms with Crippen molar-refractivity contribution in [1.82, 2.24) is 10.2 Å². The van der Waals surface area contributed by atoms with Crippen molar-refractivity contribution in [3.8, 4) is 0 Å². The maximum atomic E-state index is 11.3. The van der Waals surface area contributed by atoms with Crippen molar-refractivity contribution in [2.75, 3.05) is 31.6 Å². The van der Waals surface area contributed by atoms with Gasteiger partial charge in [-0.05, 0) is 19.3 Å². The molecule has 0 amide bonds. The standard InChI is InChI=1S/C13H28N2OS/c1-6-13(4)10-15(7-8-17(5)16)12(9-14-13)11(2)3/h11-12,14H,6-10H2,1-5H3. The Balaban J connectivity index is 2.65. The molecule has 1 fully saturated rings. The van der Waals surface area contributed by atoms with E-state index < -0.39 is 10.8 Å². The van der Waals surface area contributed by atoms with E-state index in [1.807, 2.05) is 0 Å². The van der Waals surface area contributed by atoms with Crippen molar-refractivity contribution in [3.63, 3.8) is 0 Å². The maximum absolute atomic E-state index is 11.3. The Morgan fingerprint density at radius 3 is 2.65 bits per heavy atom. The Morgan fingerprint density at radius 1 is 1.53 bits per heavy atom. The molecule has 0 saturated carbocycles. The van der Waals surface area contributed by atoms with E-state index >= 15 is 0 Å². The minimum absolute atomic E-state index is 0.223. The summed E-state index contributed by atoms with van der Waals surface area (Å²) < 4.78 is 11.3. The molecule has 0 aromatic carbocycles. The Morgan fingerprint density at radius 2 is 2.18 bits per heavy atom. The van der Waals surface area contributed by atoms with Gasteiger partial charge in [0.1, 0.15) is 0 Å². The van der Waals surface area contributed by atoms with Gasteiger partial charge in [0.2, 0.25) is 0 Å². The zero-order chi connectivity index (χ0) is 13.1. The second kappa shape index (κ2) is 6.30. The third-order valence-corrected chi connectivity index (χ3v) is 4.73. The lowest BCUT2D eigenvalue weighted by molar-refractivity contribution is 0.0660. The third-order valence-electron chi connectivity index (χ3n) is 3.97. The van der Waals surface area contributed by atoms with Crippen LogP contribution in [0.15, 0.2) is 0 Å². The predicted molar refractivity (Wildman–Crippen MR) is 75.8 cm³/mol. The number of nitrogens with zero attached hydrogens (tertiary/aromatic N) is 1. The Bertz CT molecular complexity index is 270. The monoisotopic (exact) mass is 260 g/mol. The summed E-state index contributed by atoms with van der Waals surface area (Å²) in [6, 6.07) is 0.582. The number of piperazine rings is 1. The van der Waals surface area contributed by atoms with Gasteiger partial charge in [-0.3, -0.25) is 9.11 Å². The molecule has 3 atom stereocenters. The zero-order valence-corrected chi connectivity index (χ0v) is 12.8. The van der Waals surface area contributed by atoms with Crippen molar-refractivity contribution in [1.29, 1.82) is 0 Å². The summed E-state index contributed by atoms with van der Waals surface area (Å²) in [6.07, 6.45) is 2.94. The van der Waals surface area contributed by atoms with Crippen LogP contribution >= 0.6 is 0 Å². The van der Waals surface area contributed by atoms with Gasteiger partial charge in [0, 0.05) is 54.0 Å². The molecule has 0 spiro atoms. The first kappa shape index (κ1) is 15.1. The van der Waals surface area contributed by atoms with Gasteiger partial charge in [0.15, 0.2) is 0 Å². The molecule has 0 aromatic heterocycles. The van der Waals surface area contributed by atoms with Gasteiger partial charge < -0.3 is 5.32 Å². The lowest BCUT2D eigenvalue weighted by atomic mass is 9.90. The van der Waals surface area contributed by atoms with Gasteiger partial charge in [-0.2, -0.15) is 0 Å². The lowest BCUT2D eigenvalue weighted by Gasteiger charge is -2.47. The smallest absolute Gasteiger partial charge is 0.0359 e. The van der Waals surface area contributed by atoms with Crippen LogP contribution in [0.1, 0.15) is 34.1 Å². The molecular weight excluding hydrogens is 232 g/mol. The second-order valence-corrected chi connectivity index (χ2v) is 7.41. The van der Waals surface area contributed by atoms with Crippen LogP contribution < -0.4 is 5.32 Å². The number of hydrogen-bond donors (Lipinski definition) is 1. The normalized spacial score (nSPS) is 32.9. The maximum Gasteiger partial charge on any atom is 0.0359 e. The van der Waals surface area contributed by atoms with Crippen molar-refractivity contribution in [2.45, 2.75) is 45.7 Å². The highest BCUT2D eigenvalue weighted by molar-refractivity contribution is 7.84. The molecule has 102 valence electrons. The van der Waals surface area contributed by atoms with Gasteiger partial charge in [0.25, 0.3) is 0 Å². The summed E-state index contributed by atoms with van der Waals surface area (Å²) >= 11 is 0. The molecule has 3 nitrogen and oxygen atoms in total. The van der Waals surface area contributed by atoms with Crippen molar-refractivity contribution < 1.29 is 4.21 Å². The first-order chi connectivity index (χ1) is 7.88. The lowest BCUT2D eigenvalue weighted by Crippen LogP contribution is -2.64. The molecule has 0 aliphatic carbocycles. The van der Waals surface area contributed by atoms with E-state index in [1.54, 1.807) is 6.26 Å². The van der Waals surface area contributed by atoms with Gasteiger partial charge in [-0.1, -0.05) is 20.8 Å². The molecule has 1 aliphatic rings. The summed E-state index contributed by atoms with van der Waals surface area (Å²) in [5.41, 5.74) is 0.223. The molecule has 1 aliphatic heterocycles. The summed E-state index contributed by atoms with van der Waals surface area (Å²) in [6.45, 7) is 12.2.